The number of rotatable bonds is 7. The van der Waals surface area contributed by atoms with Crippen molar-refractivity contribution in [1.82, 2.24) is 10.2 Å². The summed E-state index contributed by atoms with van der Waals surface area (Å²) in [6.45, 7) is 9.54. The smallest absolute Gasteiger partial charge is 0.408 e. The number of aliphatic carboxylic acids is 1. The molecule has 1 aliphatic heterocycles. The van der Waals surface area contributed by atoms with E-state index in [0.29, 0.717) is 6.42 Å². The van der Waals surface area contributed by atoms with E-state index >= 15 is 0 Å². The van der Waals surface area contributed by atoms with Gasteiger partial charge >= 0.3 is 12.1 Å². The Balaban J connectivity index is 2.25. The summed E-state index contributed by atoms with van der Waals surface area (Å²) in [6, 6.07) is -0.903. The minimum absolute atomic E-state index is 0.402. The molecule has 0 aromatic carbocycles. The van der Waals surface area contributed by atoms with Gasteiger partial charge in [-0.25, -0.2) is 9.59 Å². The highest BCUT2D eigenvalue weighted by molar-refractivity contribution is 5.79. The van der Waals surface area contributed by atoms with Crippen molar-refractivity contribution < 1.29 is 24.2 Å². The van der Waals surface area contributed by atoms with Crippen LogP contribution in [0.25, 0.3) is 0 Å². The quantitative estimate of drug-likeness (QED) is 0.692. The highest BCUT2D eigenvalue weighted by Crippen LogP contribution is 2.09. The second-order valence-corrected chi connectivity index (χ2v) is 6.49. The molecular formula is C15H28N2O5. The third-order valence-corrected chi connectivity index (χ3v) is 3.31. The van der Waals surface area contributed by atoms with Crippen LogP contribution in [0.1, 0.15) is 40.0 Å². The van der Waals surface area contributed by atoms with E-state index in [4.69, 9.17) is 9.47 Å². The van der Waals surface area contributed by atoms with Crippen molar-refractivity contribution in [3.05, 3.63) is 0 Å². The fourth-order valence-corrected chi connectivity index (χ4v) is 2.22. The van der Waals surface area contributed by atoms with Gasteiger partial charge in [0.25, 0.3) is 0 Å². The second kappa shape index (κ2) is 8.95. The largest absolute Gasteiger partial charge is 0.480 e. The summed E-state index contributed by atoms with van der Waals surface area (Å²) in [6.07, 6.45) is 1.36. The number of ether oxygens (including phenoxy) is 2. The summed E-state index contributed by atoms with van der Waals surface area (Å²) in [4.78, 5) is 25.1. The number of carbonyl (C=O) groups excluding carboxylic acids is 1. The maximum Gasteiger partial charge on any atom is 0.408 e. The predicted molar refractivity (Wildman–Crippen MR) is 81.9 cm³/mol. The molecule has 1 heterocycles. The molecule has 0 radical (unpaired) electrons. The number of hydrogen-bond donors (Lipinski definition) is 2. The maximum absolute atomic E-state index is 11.6. The fourth-order valence-electron chi connectivity index (χ4n) is 2.22. The SMILES string of the molecule is CC(C)(C)OC(=O)N[C@@H](CCCCN1CCOCC1)C(=O)O. The highest BCUT2D eigenvalue weighted by atomic mass is 16.6. The number of amides is 1. The summed E-state index contributed by atoms with van der Waals surface area (Å²) in [7, 11) is 0. The van der Waals surface area contributed by atoms with Crippen LogP contribution < -0.4 is 5.32 Å². The average Bonchev–Trinajstić information content (AvgIpc) is 2.41. The molecule has 0 spiro atoms. The topological polar surface area (TPSA) is 88.1 Å². The molecule has 1 fully saturated rings. The van der Waals surface area contributed by atoms with E-state index in [2.05, 4.69) is 10.2 Å². The Morgan fingerprint density at radius 3 is 2.45 bits per heavy atom. The van der Waals surface area contributed by atoms with E-state index < -0.39 is 23.7 Å². The fraction of sp³-hybridized carbons (Fsp3) is 0.867. The summed E-state index contributed by atoms with van der Waals surface area (Å²) in [5.74, 6) is -1.03. The Labute approximate surface area is 131 Å². The van der Waals surface area contributed by atoms with Crippen LogP contribution in [0.5, 0.6) is 0 Å². The highest BCUT2D eigenvalue weighted by Gasteiger charge is 2.23. The lowest BCUT2D eigenvalue weighted by molar-refractivity contribution is -0.139. The van der Waals surface area contributed by atoms with Gasteiger partial charge in [-0.2, -0.15) is 0 Å². The van der Waals surface area contributed by atoms with Crippen molar-refractivity contribution in [2.75, 3.05) is 32.8 Å². The van der Waals surface area contributed by atoms with Crippen LogP contribution in [0.3, 0.4) is 0 Å². The van der Waals surface area contributed by atoms with Crippen LogP contribution in [0, 0.1) is 0 Å². The normalized spacial score (nSPS) is 17.8. The second-order valence-electron chi connectivity index (χ2n) is 6.49. The van der Waals surface area contributed by atoms with E-state index in [1.165, 1.54) is 0 Å². The lowest BCUT2D eigenvalue weighted by Crippen LogP contribution is -2.43. The number of alkyl carbamates (subject to hydrolysis) is 1. The number of unbranched alkanes of at least 4 members (excludes halogenated alkanes) is 1. The monoisotopic (exact) mass is 316 g/mol. The Morgan fingerprint density at radius 1 is 1.27 bits per heavy atom. The third-order valence-electron chi connectivity index (χ3n) is 3.31. The molecule has 1 rings (SSSR count). The zero-order valence-corrected chi connectivity index (χ0v) is 13.8. The van der Waals surface area contributed by atoms with Crippen LogP contribution in [0.4, 0.5) is 4.79 Å². The molecule has 0 saturated carbocycles. The van der Waals surface area contributed by atoms with E-state index in [-0.39, 0.29) is 0 Å². The number of morpholine rings is 1. The van der Waals surface area contributed by atoms with Crippen LogP contribution in [-0.2, 0) is 14.3 Å². The van der Waals surface area contributed by atoms with Crippen LogP contribution in [0.15, 0.2) is 0 Å². The van der Waals surface area contributed by atoms with Gasteiger partial charge in [0.15, 0.2) is 0 Å². The minimum atomic E-state index is -1.03. The van der Waals surface area contributed by atoms with Crippen LogP contribution >= 0.6 is 0 Å². The van der Waals surface area contributed by atoms with Gasteiger partial charge in [-0.05, 0) is 46.6 Å². The molecule has 0 aromatic heterocycles. The van der Waals surface area contributed by atoms with Crippen molar-refractivity contribution in [1.29, 1.82) is 0 Å². The van der Waals surface area contributed by atoms with Gasteiger partial charge in [0.05, 0.1) is 13.2 Å². The molecule has 128 valence electrons. The average molecular weight is 316 g/mol. The van der Waals surface area contributed by atoms with Crippen molar-refractivity contribution >= 4 is 12.1 Å². The molecule has 22 heavy (non-hydrogen) atoms. The lowest BCUT2D eigenvalue weighted by Gasteiger charge is -2.26. The molecule has 0 bridgehead atoms. The first kappa shape index (κ1) is 18.7. The van der Waals surface area contributed by atoms with Gasteiger partial charge in [0.1, 0.15) is 11.6 Å². The van der Waals surface area contributed by atoms with E-state index in [0.717, 1.165) is 45.7 Å². The first-order valence-corrected chi connectivity index (χ1v) is 7.80. The van der Waals surface area contributed by atoms with Gasteiger partial charge in [-0.1, -0.05) is 0 Å². The molecule has 0 aliphatic carbocycles. The third kappa shape index (κ3) is 8.19. The molecule has 1 aliphatic rings. The molecule has 7 nitrogen and oxygen atoms in total. The van der Waals surface area contributed by atoms with Gasteiger partial charge in [-0.15, -0.1) is 0 Å². The van der Waals surface area contributed by atoms with Crippen molar-refractivity contribution in [2.24, 2.45) is 0 Å². The van der Waals surface area contributed by atoms with Gasteiger partial charge in [-0.3, -0.25) is 4.90 Å². The Kier molecular flexibility index (Phi) is 7.61. The van der Waals surface area contributed by atoms with Gasteiger partial charge in [0, 0.05) is 13.1 Å². The summed E-state index contributed by atoms with van der Waals surface area (Å²) >= 11 is 0. The molecule has 0 unspecified atom stereocenters. The number of nitrogens with zero attached hydrogens (tertiary/aromatic N) is 1. The summed E-state index contributed by atoms with van der Waals surface area (Å²) < 4.78 is 10.4. The van der Waals surface area contributed by atoms with E-state index in [9.17, 15) is 14.7 Å². The standard InChI is InChI=1S/C15H28N2O5/c1-15(2,3)22-14(20)16-12(13(18)19)6-4-5-7-17-8-10-21-11-9-17/h12H,4-11H2,1-3H3,(H,16,20)(H,18,19)/t12-/m0/s1. The molecule has 0 aromatic rings. The zero-order valence-electron chi connectivity index (χ0n) is 13.8. The van der Waals surface area contributed by atoms with Crippen molar-refractivity contribution in [3.8, 4) is 0 Å². The Hall–Kier alpha value is -1.34. The Morgan fingerprint density at radius 2 is 1.91 bits per heavy atom. The molecule has 7 heteroatoms. The van der Waals surface area contributed by atoms with Crippen molar-refractivity contribution in [3.63, 3.8) is 0 Å². The van der Waals surface area contributed by atoms with E-state index in [1.807, 2.05) is 0 Å². The van der Waals surface area contributed by atoms with Gasteiger partial charge in [0.2, 0.25) is 0 Å². The van der Waals surface area contributed by atoms with Gasteiger partial charge < -0.3 is 19.9 Å². The number of carboxylic acid groups (broad SMARTS) is 1. The molecular weight excluding hydrogens is 288 g/mol. The minimum Gasteiger partial charge on any atom is -0.480 e. The molecule has 1 amide bonds. The molecule has 2 N–H and O–H groups in total. The maximum atomic E-state index is 11.6. The Bertz CT molecular complexity index is 361. The number of carbonyl (C=O) groups is 2. The molecule has 1 atom stereocenters. The summed E-state index contributed by atoms with van der Waals surface area (Å²) in [5, 5.41) is 11.6. The van der Waals surface area contributed by atoms with Crippen molar-refractivity contribution in [2.45, 2.75) is 51.7 Å². The number of nitrogens with one attached hydrogen (secondary N) is 1. The molecule has 1 saturated heterocycles. The van der Waals surface area contributed by atoms with E-state index in [1.54, 1.807) is 20.8 Å². The first-order chi connectivity index (χ1) is 10.3. The van der Waals surface area contributed by atoms with Crippen LogP contribution in [-0.4, -0.2) is 66.6 Å². The number of carboxylic acids is 1. The number of hydrogen-bond acceptors (Lipinski definition) is 5. The first-order valence-electron chi connectivity index (χ1n) is 7.80. The summed E-state index contributed by atoms with van der Waals surface area (Å²) in [5.41, 5.74) is -0.635. The predicted octanol–water partition coefficient (Wildman–Crippen LogP) is 1.47. The van der Waals surface area contributed by atoms with Crippen LogP contribution in [0.2, 0.25) is 0 Å². The lowest BCUT2D eigenvalue weighted by atomic mass is 10.1. The zero-order chi connectivity index (χ0) is 16.6.